The average Bonchev–Trinajstić information content (AvgIpc) is 2.04. The van der Waals surface area contributed by atoms with Gasteiger partial charge in [-0.1, -0.05) is 18.2 Å². The molecule has 1 aromatic carbocycles. The lowest BCUT2D eigenvalue weighted by molar-refractivity contribution is 0.418. The summed E-state index contributed by atoms with van der Waals surface area (Å²) in [5.41, 5.74) is 0. The lowest BCUT2D eigenvalue weighted by Gasteiger charge is -2.05. The molecule has 0 aliphatic heterocycles. The molecule has 59 valence electrons. The third-order valence-electron chi connectivity index (χ3n) is 1.31. The lowest BCUT2D eigenvalue weighted by Crippen LogP contribution is -2.19. The molecular weight excluding hydrogens is 199 g/mol. The van der Waals surface area contributed by atoms with Crippen LogP contribution in [0.5, 0.6) is 5.75 Å². The van der Waals surface area contributed by atoms with Gasteiger partial charge < -0.3 is 4.74 Å². The first-order valence-corrected chi connectivity index (χ1v) is 6.59. The molecule has 1 rings (SSSR count). The van der Waals surface area contributed by atoms with Crippen LogP contribution in [0.1, 0.15) is 0 Å². The Morgan fingerprint density at radius 1 is 1.27 bits per heavy atom. The van der Waals surface area contributed by atoms with Crippen molar-refractivity contribution in [3.05, 3.63) is 24.3 Å². The second-order valence-electron chi connectivity index (χ2n) is 1.96. The number of rotatable bonds is 2. The number of hydrogen-bond donors (Lipinski definition) is 0. The summed E-state index contributed by atoms with van der Waals surface area (Å²) in [7, 11) is 0.174. The minimum atomic E-state index is -1.43. The van der Waals surface area contributed by atoms with Gasteiger partial charge in [-0.3, -0.25) is 0 Å². The number of methoxy groups -OCH3 is 1. The molecule has 0 unspecified atom stereocenters. The number of halogens is 2. The summed E-state index contributed by atoms with van der Waals surface area (Å²) in [5.74, 6) is 0.770. The number of hydrogen-bond acceptors (Lipinski definition) is 1. The van der Waals surface area contributed by atoms with E-state index in [4.69, 9.17) is 26.9 Å². The fourth-order valence-corrected chi connectivity index (χ4v) is 2.33. The minimum absolute atomic E-state index is 0.770. The van der Waals surface area contributed by atoms with Gasteiger partial charge >= 0.3 is 7.42 Å². The largest absolute Gasteiger partial charge is 0.497 e. The van der Waals surface area contributed by atoms with Gasteiger partial charge in [-0.25, -0.2) is 0 Å². The van der Waals surface area contributed by atoms with Gasteiger partial charge in [0.2, 0.25) is 0 Å². The Kier molecular flexibility index (Phi) is 3.24. The normalized spacial score (nSPS) is 10.2. The van der Waals surface area contributed by atoms with Crippen molar-refractivity contribution >= 4 is 34.8 Å². The van der Waals surface area contributed by atoms with Crippen molar-refractivity contribution in [2.75, 3.05) is 7.11 Å². The molecule has 11 heavy (non-hydrogen) atoms. The van der Waals surface area contributed by atoms with E-state index in [0.29, 0.717) is 0 Å². The second kappa shape index (κ2) is 4.00. The molecule has 1 nitrogen and oxygen atoms in total. The van der Waals surface area contributed by atoms with E-state index in [1.54, 1.807) is 7.11 Å². The second-order valence-corrected chi connectivity index (χ2v) is 5.87. The fraction of sp³-hybridized carbons (Fsp3) is 0.143. The number of ether oxygens (including phenoxy) is 1. The maximum atomic E-state index is 5.77. The van der Waals surface area contributed by atoms with Gasteiger partial charge in [-0.2, -0.15) is 0 Å². The molecule has 0 aliphatic rings. The average molecular weight is 206 g/mol. The molecule has 0 saturated heterocycles. The molecule has 0 aliphatic carbocycles. The molecule has 0 heterocycles. The summed E-state index contributed by atoms with van der Waals surface area (Å²) in [6, 6.07) is 7.52. The van der Waals surface area contributed by atoms with Crippen molar-refractivity contribution in [3.8, 4) is 5.75 Å². The summed E-state index contributed by atoms with van der Waals surface area (Å²) in [4.78, 5) is 0. The first-order chi connectivity index (χ1) is 5.25. The van der Waals surface area contributed by atoms with Gasteiger partial charge in [0.1, 0.15) is 5.75 Å². The van der Waals surface area contributed by atoms with Crippen molar-refractivity contribution in [1.29, 1.82) is 0 Å². The highest BCUT2D eigenvalue weighted by atomic mass is 35.7. The van der Waals surface area contributed by atoms with Gasteiger partial charge in [0.05, 0.1) is 7.11 Å². The quantitative estimate of drug-likeness (QED) is 0.530. The van der Waals surface area contributed by atoms with Crippen LogP contribution in [0, 0.1) is 0 Å². The Labute approximate surface area is 76.9 Å². The molecule has 0 fully saturated rings. The smallest absolute Gasteiger partial charge is 0.310 e. The molecule has 0 aromatic heterocycles. The maximum absolute atomic E-state index is 5.77. The Bertz CT molecular complexity index is 240. The monoisotopic (exact) mass is 205 g/mol. The van der Waals surface area contributed by atoms with Crippen LogP contribution in [-0.4, -0.2) is 14.5 Å². The van der Waals surface area contributed by atoms with Crippen molar-refractivity contribution in [3.63, 3.8) is 0 Å². The summed E-state index contributed by atoms with van der Waals surface area (Å²) in [6.07, 6.45) is 0. The highest BCUT2D eigenvalue weighted by Crippen LogP contribution is 2.10. The van der Waals surface area contributed by atoms with Crippen molar-refractivity contribution in [2.24, 2.45) is 0 Å². The Morgan fingerprint density at radius 2 is 1.91 bits per heavy atom. The van der Waals surface area contributed by atoms with E-state index in [0.717, 1.165) is 10.9 Å². The van der Waals surface area contributed by atoms with Gasteiger partial charge in [-0.05, 0) is 6.07 Å². The first-order valence-electron chi connectivity index (χ1n) is 3.07. The molecule has 0 spiro atoms. The van der Waals surface area contributed by atoms with Gasteiger partial charge in [0, 0.05) is 5.19 Å². The van der Waals surface area contributed by atoms with E-state index in [1.807, 2.05) is 24.3 Å². The zero-order chi connectivity index (χ0) is 8.27. The molecule has 0 N–H and O–H groups in total. The van der Waals surface area contributed by atoms with Crippen LogP contribution < -0.4 is 9.92 Å². The van der Waals surface area contributed by atoms with E-state index < -0.39 is 7.42 Å². The maximum Gasteiger partial charge on any atom is 0.310 e. The third-order valence-corrected chi connectivity index (χ3v) is 3.35. The predicted molar refractivity (Wildman–Crippen MR) is 50.1 cm³/mol. The van der Waals surface area contributed by atoms with E-state index in [1.165, 1.54) is 0 Å². The Hall–Kier alpha value is -0.183. The van der Waals surface area contributed by atoms with Gasteiger partial charge in [-0.15, -0.1) is 22.2 Å². The van der Waals surface area contributed by atoms with Crippen LogP contribution in [0.3, 0.4) is 0 Å². The van der Waals surface area contributed by atoms with Crippen molar-refractivity contribution in [2.45, 2.75) is 0 Å². The van der Waals surface area contributed by atoms with E-state index in [2.05, 4.69) is 0 Å². The SMILES string of the molecule is COc1ccccc1[Si](Cl)Cl. The Morgan fingerprint density at radius 3 is 2.36 bits per heavy atom. The molecule has 1 radical (unpaired) electrons. The lowest BCUT2D eigenvalue weighted by atomic mass is 10.3. The fourth-order valence-electron chi connectivity index (χ4n) is 0.801. The van der Waals surface area contributed by atoms with E-state index >= 15 is 0 Å². The molecule has 0 saturated carbocycles. The van der Waals surface area contributed by atoms with Crippen LogP contribution in [-0.2, 0) is 0 Å². The zero-order valence-corrected chi connectivity index (χ0v) is 8.49. The topological polar surface area (TPSA) is 9.23 Å². The predicted octanol–water partition coefficient (Wildman–Crippen LogP) is 1.87. The summed E-state index contributed by atoms with van der Waals surface area (Å²) < 4.78 is 5.06. The highest BCUT2D eigenvalue weighted by Gasteiger charge is 2.11. The highest BCUT2D eigenvalue weighted by molar-refractivity contribution is 7.39. The van der Waals surface area contributed by atoms with Crippen LogP contribution >= 0.6 is 22.2 Å². The zero-order valence-electron chi connectivity index (χ0n) is 5.97. The first kappa shape index (κ1) is 8.91. The standard InChI is InChI=1S/C7H7Cl2OSi/c1-10-6-4-2-3-5-7(6)11(8)9/h2-5H,1H3. The molecular formula is C7H7Cl2OSi. The summed E-state index contributed by atoms with van der Waals surface area (Å²) in [6.45, 7) is 0. The van der Waals surface area contributed by atoms with Crippen molar-refractivity contribution < 1.29 is 4.74 Å². The molecule has 0 amide bonds. The van der Waals surface area contributed by atoms with Crippen LogP contribution in [0.4, 0.5) is 0 Å². The molecule has 1 aromatic rings. The molecule has 4 heteroatoms. The van der Waals surface area contributed by atoms with Crippen LogP contribution in [0.25, 0.3) is 0 Å². The molecule has 0 atom stereocenters. The summed E-state index contributed by atoms with van der Waals surface area (Å²) >= 11 is 11.5. The number of para-hydroxylation sites is 1. The van der Waals surface area contributed by atoms with E-state index in [9.17, 15) is 0 Å². The van der Waals surface area contributed by atoms with Gasteiger partial charge in [0.25, 0.3) is 0 Å². The number of benzene rings is 1. The van der Waals surface area contributed by atoms with E-state index in [-0.39, 0.29) is 0 Å². The van der Waals surface area contributed by atoms with Crippen LogP contribution in [0.2, 0.25) is 0 Å². The van der Waals surface area contributed by atoms with Crippen molar-refractivity contribution in [1.82, 2.24) is 0 Å². The molecule has 0 bridgehead atoms. The Balaban J connectivity index is 3.02. The summed E-state index contributed by atoms with van der Waals surface area (Å²) in [5, 5.41) is 0.906. The third kappa shape index (κ3) is 2.12. The van der Waals surface area contributed by atoms with Gasteiger partial charge in [0.15, 0.2) is 0 Å². The minimum Gasteiger partial charge on any atom is -0.497 e. The van der Waals surface area contributed by atoms with Crippen LogP contribution in [0.15, 0.2) is 24.3 Å².